The lowest BCUT2D eigenvalue weighted by atomic mass is 10.1. The number of thioether (sulfide) groups is 1. The van der Waals surface area contributed by atoms with Gasteiger partial charge in [-0.1, -0.05) is 17.7 Å². The highest BCUT2D eigenvalue weighted by molar-refractivity contribution is 8.02. The lowest BCUT2D eigenvalue weighted by molar-refractivity contribution is -0.113. The Morgan fingerprint density at radius 3 is 2.92 bits per heavy atom. The van der Waals surface area contributed by atoms with Crippen LogP contribution in [0.2, 0.25) is 5.02 Å². The van der Waals surface area contributed by atoms with Crippen molar-refractivity contribution < 1.29 is 19.1 Å². The molecular weight excluding hydrogens is 394 g/mol. The van der Waals surface area contributed by atoms with Crippen LogP contribution in [0.4, 0.5) is 5.69 Å². The molecule has 1 N–H and O–H groups in total. The number of ether oxygens (including phenoxy) is 2. The zero-order chi connectivity index (χ0) is 18.7. The van der Waals surface area contributed by atoms with Crippen LogP contribution in [0.1, 0.15) is 22.2 Å². The Morgan fingerprint density at radius 2 is 2.19 bits per heavy atom. The van der Waals surface area contributed by atoms with Gasteiger partial charge >= 0.3 is 0 Å². The van der Waals surface area contributed by atoms with Crippen molar-refractivity contribution in [2.75, 3.05) is 24.8 Å². The average molecular weight is 410 g/mol. The summed E-state index contributed by atoms with van der Waals surface area (Å²) in [5.74, 6) is 1.19. The van der Waals surface area contributed by atoms with E-state index in [-0.39, 0.29) is 11.7 Å². The molecule has 0 fully saturated rings. The van der Waals surface area contributed by atoms with Gasteiger partial charge < -0.3 is 14.8 Å². The Bertz CT molecular complexity index is 892. The normalized spacial score (nSPS) is 13.4. The molecule has 136 valence electrons. The van der Waals surface area contributed by atoms with Gasteiger partial charge in [-0.2, -0.15) is 0 Å². The highest BCUT2D eigenvalue weighted by Crippen LogP contribution is 2.39. The number of methoxy groups -OCH3 is 1. The number of thiophene rings is 1. The minimum absolute atomic E-state index is 0.0498. The first-order chi connectivity index (χ1) is 12.5. The van der Waals surface area contributed by atoms with Crippen LogP contribution >= 0.6 is 34.7 Å². The van der Waals surface area contributed by atoms with Gasteiger partial charge in [0.05, 0.1) is 39.3 Å². The van der Waals surface area contributed by atoms with Crippen LogP contribution in [0.25, 0.3) is 6.08 Å². The van der Waals surface area contributed by atoms with Crippen molar-refractivity contribution in [2.45, 2.75) is 11.1 Å². The summed E-state index contributed by atoms with van der Waals surface area (Å²) in [6, 6.07) is 5.19. The van der Waals surface area contributed by atoms with Crippen LogP contribution in [0.3, 0.4) is 0 Å². The minimum atomic E-state index is -0.135. The summed E-state index contributed by atoms with van der Waals surface area (Å²) in [4.78, 5) is 24.4. The van der Waals surface area contributed by atoms with Crippen molar-refractivity contribution in [3.63, 3.8) is 0 Å². The maximum Gasteiger partial charge on any atom is 0.234 e. The van der Waals surface area contributed by atoms with E-state index in [2.05, 4.69) is 5.32 Å². The van der Waals surface area contributed by atoms with Crippen LogP contribution in [0.5, 0.6) is 11.5 Å². The van der Waals surface area contributed by atoms with E-state index in [1.54, 1.807) is 24.3 Å². The molecule has 2 heterocycles. The van der Waals surface area contributed by atoms with E-state index in [0.717, 1.165) is 9.77 Å². The molecule has 26 heavy (non-hydrogen) atoms. The second kappa shape index (κ2) is 8.16. The molecule has 5 nitrogen and oxygen atoms in total. The van der Waals surface area contributed by atoms with Crippen molar-refractivity contribution in [3.8, 4) is 11.5 Å². The first-order valence-electron chi connectivity index (χ1n) is 7.81. The third-order valence-corrected chi connectivity index (χ3v) is 6.23. The molecule has 0 unspecified atom stereocenters. The molecule has 1 amide bonds. The SMILES string of the molecule is CCOc1cc(/C=C/C(=O)c2cc3c(s2)SCC(=O)N3)cc(Cl)c1OC. The van der Waals surface area contributed by atoms with E-state index < -0.39 is 0 Å². The molecule has 1 aliphatic heterocycles. The monoisotopic (exact) mass is 409 g/mol. The average Bonchev–Trinajstić information content (AvgIpc) is 3.03. The fourth-order valence-corrected chi connectivity index (χ4v) is 4.75. The number of halogens is 1. The molecule has 0 spiro atoms. The lowest BCUT2D eigenvalue weighted by Gasteiger charge is -2.11. The van der Waals surface area contributed by atoms with Gasteiger partial charge in [-0.15, -0.1) is 23.1 Å². The number of allylic oxidation sites excluding steroid dienone is 1. The van der Waals surface area contributed by atoms with Crippen LogP contribution in [0, 0.1) is 0 Å². The molecule has 1 aromatic heterocycles. The summed E-state index contributed by atoms with van der Waals surface area (Å²) < 4.78 is 11.7. The lowest BCUT2D eigenvalue weighted by Crippen LogP contribution is -2.17. The summed E-state index contributed by atoms with van der Waals surface area (Å²) in [7, 11) is 1.53. The molecule has 0 atom stereocenters. The van der Waals surface area contributed by atoms with Gasteiger partial charge in [0, 0.05) is 0 Å². The number of nitrogens with one attached hydrogen (secondary N) is 1. The zero-order valence-electron chi connectivity index (χ0n) is 14.1. The summed E-state index contributed by atoms with van der Waals surface area (Å²) in [5, 5.41) is 3.19. The summed E-state index contributed by atoms with van der Waals surface area (Å²) in [6.07, 6.45) is 3.16. The standard InChI is InChI=1S/C18H16ClNO4S2/c1-3-24-14-7-10(6-11(19)17(14)23-2)4-5-13(21)15-8-12-18(26-15)25-9-16(22)20-12/h4-8H,3,9H2,1-2H3,(H,20,22)/b5-4+. The number of benzene rings is 1. The predicted octanol–water partition coefficient (Wildman–Crippen LogP) is 4.75. The van der Waals surface area contributed by atoms with Gasteiger partial charge in [-0.05, 0) is 36.8 Å². The number of carbonyl (C=O) groups excluding carboxylic acids is 2. The number of hydrogen-bond acceptors (Lipinski definition) is 6. The Morgan fingerprint density at radius 1 is 1.38 bits per heavy atom. The smallest absolute Gasteiger partial charge is 0.234 e. The third kappa shape index (κ3) is 4.06. The first kappa shape index (κ1) is 18.8. The summed E-state index contributed by atoms with van der Waals surface area (Å²) in [5.41, 5.74) is 1.44. The number of amides is 1. The van der Waals surface area contributed by atoms with Gasteiger partial charge in [0.1, 0.15) is 0 Å². The second-order valence-corrected chi connectivity index (χ2v) is 8.02. The number of anilines is 1. The van der Waals surface area contributed by atoms with Crippen LogP contribution in [-0.4, -0.2) is 31.2 Å². The summed E-state index contributed by atoms with van der Waals surface area (Å²) >= 11 is 9.04. The molecule has 2 aromatic rings. The highest BCUT2D eigenvalue weighted by atomic mass is 35.5. The van der Waals surface area contributed by atoms with Gasteiger partial charge in [0.25, 0.3) is 0 Å². The third-order valence-electron chi connectivity index (χ3n) is 3.51. The molecule has 0 saturated carbocycles. The second-order valence-electron chi connectivity index (χ2n) is 5.31. The Kier molecular flexibility index (Phi) is 5.90. The van der Waals surface area contributed by atoms with Crippen LogP contribution < -0.4 is 14.8 Å². The fourth-order valence-electron chi connectivity index (χ4n) is 2.41. The van der Waals surface area contributed by atoms with E-state index in [1.165, 1.54) is 36.3 Å². The van der Waals surface area contributed by atoms with E-state index in [9.17, 15) is 9.59 Å². The van der Waals surface area contributed by atoms with Crippen molar-refractivity contribution in [1.82, 2.24) is 0 Å². The van der Waals surface area contributed by atoms with Gasteiger partial charge in [0.2, 0.25) is 5.91 Å². The van der Waals surface area contributed by atoms with Crippen molar-refractivity contribution >= 4 is 58.2 Å². The molecule has 1 aliphatic rings. The molecule has 1 aromatic carbocycles. The predicted molar refractivity (Wildman–Crippen MR) is 106 cm³/mol. The van der Waals surface area contributed by atoms with Gasteiger partial charge in [0.15, 0.2) is 17.3 Å². The number of rotatable bonds is 6. The van der Waals surface area contributed by atoms with E-state index in [1.807, 2.05) is 6.92 Å². The molecule has 0 bridgehead atoms. The summed E-state index contributed by atoms with van der Waals surface area (Å²) in [6.45, 7) is 2.34. The molecular formula is C18H16ClNO4S2. The van der Waals surface area contributed by atoms with Gasteiger partial charge in [-0.3, -0.25) is 9.59 Å². The quantitative estimate of drug-likeness (QED) is 0.551. The number of carbonyl (C=O) groups is 2. The van der Waals surface area contributed by atoms with Crippen LogP contribution in [-0.2, 0) is 4.79 Å². The Labute approximate surface area is 164 Å². The largest absolute Gasteiger partial charge is 0.491 e. The van der Waals surface area contributed by atoms with Crippen molar-refractivity contribution in [1.29, 1.82) is 0 Å². The van der Waals surface area contributed by atoms with E-state index in [4.69, 9.17) is 21.1 Å². The maximum absolute atomic E-state index is 12.4. The van der Waals surface area contributed by atoms with Gasteiger partial charge in [-0.25, -0.2) is 0 Å². The number of fused-ring (bicyclic) bond motifs is 1. The van der Waals surface area contributed by atoms with Crippen molar-refractivity contribution in [3.05, 3.63) is 39.7 Å². The number of ketones is 1. The molecule has 0 aliphatic carbocycles. The topological polar surface area (TPSA) is 64.6 Å². The fraction of sp³-hybridized carbons (Fsp3) is 0.222. The first-order valence-corrected chi connectivity index (χ1v) is 9.99. The molecule has 0 saturated heterocycles. The maximum atomic E-state index is 12.4. The van der Waals surface area contributed by atoms with E-state index >= 15 is 0 Å². The number of hydrogen-bond donors (Lipinski definition) is 1. The van der Waals surface area contributed by atoms with E-state index in [0.29, 0.717) is 39.4 Å². The molecule has 0 radical (unpaired) electrons. The van der Waals surface area contributed by atoms with Crippen molar-refractivity contribution in [2.24, 2.45) is 0 Å². The van der Waals surface area contributed by atoms with Crippen LogP contribution in [0.15, 0.2) is 28.5 Å². The molecule has 8 heteroatoms. The Balaban J connectivity index is 1.81. The highest BCUT2D eigenvalue weighted by Gasteiger charge is 2.20. The zero-order valence-corrected chi connectivity index (χ0v) is 16.5. The minimum Gasteiger partial charge on any atom is -0.491 e. The molecule has 3 rings (SSSR count). The Hall–Kier alpha value is -1.96.